The number of ether oxygens (including phenoxy) is 1. The normalized spacial score (nSPS) is 15.8. The molecule has 1 aliphatic rings. The van der Waals surface area contributed by atoms with Crippen LogP contribution in [0, 0.1) is 0 Å². The monoisotopic (exact) mass is 724 g/mol. The van der Waals surface area contributed by atoms with Gasteiger partial charge in [-0.3, -0.25) is 0 Å². The molecule has 1 saturated heterocycles. The van der Waals surface area contributed by atoms with E-state index in [0.29, 0.717) is 18.4 Å². The zero-order chi connectivity index (χ0) is 36.9. The van der Waals surface area contributed by atoms with Crippen LogP contribution in [0.4, 0.5) is 0 Å². The third-order valence-corrected chi connectivity index (χ3v) is 20.4. The fourth-order valence-corrected chi connectivity index (χ4v) is 17.2. The van der Waals surface area contributed by atoms with E-state index in [0.717, 1.165) is 5.56 Å². The van der Waals surface area contributed by atoms with Crippen molar-refractivity contribution in [3.63, 3.8) is 0 Å². The first-order chi connectivity index (χ1) is 24.9. The van der Waals surface area contributed by atoms with Gasteiger partial charge >= 0.3 is 5.97 Å². The Kier molecular flexibility index (Phi) is 11.0. The zero-order valence-electron chi connectivity index (χ0n) is 31.5. The molecule has 1 aliphatic heterocycles. The average molecular weight is 725 g/mol. The predicted molar refractivity (Wildman–Crippen MR) is 219 cm³/mol. The van der Waals surface area contributed by atoms with Gasteiger partial charge < -0.3 is 13.6 Å². The van der Waals surface area contributed by atoms with Crippen LogP contribution in [0.3, 0.4) is 0 Å². The van der Waals surface area contributed by atoms with Crippen LogP contribution in [0.25, 0.3) is 0 Å². The van der Waals surface area contributed by atoms with Gasteiger partial charge in [0.2, 0.25) is 0 Å². The maximum atomic E-state index is 14.0. The molecule has 0 radical (unpaired) electrons. The van der Waals surface area contributed by atoms with Crippen molar-refractivity contribution in [3.05, 3.63) is 169 Å². The maximum absolute atomic E-state index is 14.0. The van der Waals surface area contributed by atoms with Gasteiger partial charge in [0.05, 0.1) is 13.2 Å². The third kappa shape index (κ3) is 7.44. The van der Waals surface area contributed by atoms with Gasteiger partial charge in [0, 0.05) is 12.0 Å². The molecule has 0 unspecified atom stereocenters. The summed E-state index contributed by atoms with van der Waals surface area (Å²) in [7, 11) is -5.95. The van der Waals surface area contributed by atoms with Crippen LogP contribution in [0.15, 0.2) is 163 Å². The molecule has 0 amide bonds. The first kappa shape index (κ1) is 37.4. The largest absolute Gasteiger partial charge is 0.451 e. The molecular weight excluding hydrogens is 673 g/mol. The van der Waals surface area contributed by atoms with Crippen LogP contribution in [0.5, 0.6) is 0 Å². The maximum Gasteiger partial charge on any atom is 0.334 e. The van der Waals surface area contributed by atoms with Gasteiger partial charge in [-0.2, -0.15) is 0 Å². The zero-order valence-corrected chi connectivity index (χ0v) is 33.5. The van der Waals surface area contributed by atoms with Crippen molar-refractivity contribution < 1.29 is 18.4 Å². The summed E-state index contributed by atoms with van der Waals surface area (Å²) < 4.78 is 21.7. The van der Waals surface area contributed by atoms with Crippen molar-refractivity contribution in [1.29, 1.82) is 0 Å². The minimum atomic E-state index is -2.97. The summed E-state index contributed by atoms with van der Waals surface area (Å²) in [6.45, 7) is 14.0. The highest BCUT2D eigenvalue weighted by molar-refractivity contribution is 7.00. The van der Waals surface area contributed by atoms with Crippen molar-refractivity contribution >= 4 is 43.4 Å². The predicted octanol–water partition coefficient (Wildman–Crippen LogP) is 7.99. The number of esters is 1. The van der Waals surface area contributed by atoms with Gasteiger partial charge in [0.15, 0.2) is 5.60 Å². The summed E-state index contributed by atoms with van der Waals surface area (Å²) in [6.07, 6.45) is 3.08. The lowest BCUT2D eigenvalue weighted by Gasteiger charge is -2.46. The van der Waals surface area contributed by atoms with Crippen LogP contribution in [0.1, 0.15) is 53.5 Å². The summed E-state index contributed by atoms with van der Waals surface area (Å²) in [5.41, 5.74) is 0.771. The highest BCUT2D eigenvalue weighted by atomic mass is 28.4. The minimum absolute atomic E-state index is 0.201. The highest BCUT2D eigenvalue weighted by Crippen LogP contribution is 2.42. The molecule has 4 nitrogen and oxygen atoms in total. The molecular formula is C46H52O4Si2. The molecule has 268 valence electrons. The molecule has 0 aliphatic carbocycles. The third-order valence-electron chi connectivity index (χ3n) is 10.4. The smallest absolute Gasteiger partial charge is 0.334 e. The second-order valence-electron chi connectivity index (χ2n) is 16.1. The molecule has 5 aromatic carbocycles. The number of hydrogen-bond donors (Lipinski definition) is 0. The molecule has 0 N–H and O–H groups in total. The molecule has 0 saturated carbocycles. The van der Waals surface area contributed by atoms with E-state index in [4.69, 9.17) is 13.6 Å². The summed E-state index contributed by atoms with van der Waals surface area (Å²) in [4.78, 5) is 14.0. The van der Waals surface area contributed by atoms with Crippen LogP contribution in [-0.4, -0.2) is 41.4 Å². The number of carbonyl (C=O) groups excluding carboxylic acids is 1. The molecule has 6 heteroatoms. The van der Waals surface area contributed by atoms with E-state index in [9.17, 15) is 4.79 Å². The Morgan fingerprint density at radius 1 is 0.558 bits per heavy atom. The molecule has 52 heavy (non-hydrogen) atoms. The number of rotatable bonds is 12. The number of benzene rings is 5. The number of allylic oxidation sites excluding steroid dienone is 1. The fraction of sp³-hybridized carbons (Fsp3) is 0.283. The van der Waals surface area contributed by atoms with Crippen molar-refractivity contribution in [2.75, 3.05) is 13.2 Å². The van der Waals surface area contributed by atoms with Gasteiger partial charge in [-0.1, -0.05) is 199 Å². The molecule has 5 aromatic rings. The summed E-state index contributed by atoms with van der Waals surface area (Å²) >= 11 is 0. The average Bonchev–Trinajstić information content (AvgIpc) is 3.47. The quantitative estimate of drug-likeness (QED) is 0.0744. The fourth-order valence-electron chi connectivity index (χ4n) is 7.93. The number of hydrogen-bond acceptors (Lipinski definition) is 4. The molecule has 1 heterocycles. The molecule has 1 fully saturated rings. The van der Waals surface area contributed by atoms with Crippen LogP contribution in [0.2, 0.25) is 10.1 Å². The molecule has 0 bridgehead atoms. The van der Waals surface area contributed by atoms with E-state index < -0.39 is 22.2 Å². The molecule has 0 atom stereocenters. The lowest BCUT2D eigenvalue weighted by atomic mass is 9.98. The topological polar surface area (TPSA) is 44.8 Å². The van der Waals surface area contributed by atoms with E-state index in [1.165, 1.54) is 20.7 Å². The van der Waals surface area contributed by atoms with Crippen molar-refractivity contribution in [2.45, 2.75) is 70.1 Å². The molecule has 0 spiro atoms. The van der Waals surface area contributed by atoms with Gasteiger partial charge in [-0.05, 0) is 42.8 Å². The van der Waals surface area contributed by atoms with E-state index in [-0.39, 0.29) is 29.3 Å². The van der Waals surface area contributed by atoms with E-state index >= 15 is 0 Å². The second kappa shape index (κ2) is 15.3. The van der Waals surface area contributed by atoms with Crippen LogP contribution in [-0.2, 0) is 24.8 Å². The minimum Gasteiger partial charge on any atom is -0.451 e. The Balaban J connectivity index is 1.46. The number of carbonyl (C=O) groups is 1. The van der Waals surface area contributed by atoms with Gasteiger partial charge in [-0.25, -0.2) is 4.79 Å². The van der Waals surface area contributed by atoms with Gasteiger partial charge in [0.25, 0.3) is 16.6 Å². The Hall–Kier alpha value is -4.34. The second-order valence-corrected chi connectivity index (χ2v) is 24.7. The Labute approximate surface area is 312 Å². The summed E-state index contributed by atoms with van der Waals surface area (Å²) in [5.74, 6) is -0.298. The highest BCUT2D eigenvalue weighted by Gasteiger charge is 2.56. The van der Waals surface area contributed by atoms with E-state index in [1.807, 2.05) is 24.3 Å². The summed E-state index contributed by atoms with van der Waals surface area (Å²) in [6, 6.07) is 52.8. The molecule has 0 aromatic heterocycles. The SMILES string of the molecule is CC(C)(C)[Si](OCC1(CO[Si](c2ccccc2)(c2ccccc2)C(C)(C)C)C/C(=C\Cc2ccccc2)C(=O)O1)(c1ccccc1)c1ccccc1. The van der Waals surface area contributed by atoms with Crippen molar-refractivity contribution in [3.8, 4) is 0 Å². The molecule has 6 rings (SSSR count). The van der Waals surface area contributed by atoms with E-state index in [2.05, 4.69) is 175 Å². The summed E-state index contributed by atoms with van der Waals surface area (Å²) in [5, 5.41) is 4.23. The van der Waals surface area contributed by atoms with Crippen LogP contribution < -0.4 is 20.7 Å². The van der Waals surface area contributed by atoms with E-state index in [1.54, 1.807) is 0 Å². The van der Waals surface area contributed by atoms with Crippen molar-refractivity contribution in [2.24, 2.45) is 0 Å². The van der Waals surface area contributed by atoms with Crippen LogP contribution >= 0.6 is 0 Å². The van der Waals surface area contributed by atoms with Crippen molar-refractivity contribution in [1.82, 2.24) is 0 Å². The lowest BCUT2D eigenvalue weighted by Crippen LogP contribution is -2.69. The first-order valence-corrected chi connectivity index (χ1v) is 22.2. The lowest BCUT2D eigenvalue weighted by molar-refractivity contribution is -0.152. The Morgan fingerprint density at radius 2 is 0.885 bits per heavy atom. The standard InChI is InChI=1S/C46H52O4Si2/c1-44(2,3)51(39-24-14-8-15-25-39,40-26-16-9-17-27-40)48-35-46(34-38(43(47)50-46)33-32-37-22-12-7-13-23-37)36-49-52(45(4,5)6,41-28-18-10-19-29-41)42-30-20-11-21-31-42/h7-31,33H,32,34-36H2,1-6H3/b38-33+. The number of cyclic esters (lactones) is 1. The first-order valence-electron chi connectivity index (χ1n) is 18.4. The Bertz CT molecular complexity index is 1750. The Morgan fingerprint density at radius 3 is 1.21 bits per heavy atom. The van der Waals surface area contributed by atoms with Gasteiger partial charge in [0.1, 0.15) is 0 Å². The van der Waals surface area contributed by atoms with Gasteiger partial charge in [-0.15, -0.1) is 0 Å².